The van der Waals surface area contributed by atoms with Crippen molar-refractivity contribution in [1.82, 2.24) is 0 Å². The molecule has 4 aromatic carbocycles. The highest BCUT2D eigenvalue weighted by Gasteiger charge is 2.44. The quantitative estimate of drug-likeness (QED) is 0.206. The summed E-state index contributed by atoms with van der Waals surface area (Å²) >= 11 is 0. The smallest absolute Gasteiger partial charge is 0.127 e. The topological polar surface area (TPSA) is 60.7 Å². The van der Waals surface area contributed by atoms with E-state index in [0.717, 1.165) is 62.5 Å². The van der Waals surface area contributed by atoms with Crippen LogP contribution in [0.15, 0.2) is 97.1 Å². The highest BCUT2D eigenvalue weighted by molar-refractivity contribution is 5.45. The molecule has 3 N–H and O–H groups in total. The summed E-state index contributed by atoms with van der Waals surface area (Å²) in [7, 11) is 0. The molecule has 0 bridgehead atoms. The van der Waals surface area contributed by atoms with Gasteiger partial charge in [-0.15, -0.1) is 0 Å². The number of hydrogen-bond acceptors (Lipinski definition) is 3. The number of phenols is 1. The first-order valence-corrected chi connectivity index (χ1v) is 16.0. The highest BCUT2D eigenvalue weighted by Crippen LogP contribution is 2.46. The second kappa shape index (κ2) is 14.0. The Labute approximate surface area is 260 Å². The predicted molar refractivity (Wildman–Crippen MR) is 172 cm³/mol. The molecule has 0 heterocycles. The Balaban J connectivity index is 0.000000175. The molecule has 0 aliphatic heterocycles. The van der Waals surface area contributed by atoms with Crippen LogP contribution in [0.25, 0.3) is 0 Å². The Morgan fingerprint density at radius 2 is 0.955 bits per heavy atom. The molecule has 2 saturated carbocycles. The van der Waals surface area contributed by atoms with Gasteiger partial charge in [-0.05, 0) is 68.0 Å². The number of aliphatic hydroxyl groups is 2. The molecule has 2 fully saturated rings. The fourth-order valence-corrected chi connectivity index (χ4v) is 7.53. The van der Waals surface area contributed by atoms with Crippen molar-refractivity contribution in [3.8, 4) is 5.75 Å². The zero-order valence-corrected chi connectivity index (χ0v) is 25.6. The Morgan fingerprint density at radius 3 is 1.39 bits per heavy atom. The third kappa shape index (κ3) is 6.31. The van der Waals surface area contributed by atoms with Gasteiger partial charge in [0.1, 0.15) is 17.4 Å². The van der Waals surface area contributed by atoms with Crippen LogP contribution in [0.4, 0.5) is 8.78 Å². The van der Waals surface area contributed by atoms with Crippen molar-refractivity contribution in [3.05, 3.63) is 137 Å². The van der Waals surface area contributed by atoms with Gasteiger partial charge < -0.3 is 15.3 Å². The molecule has 232 valence electrons. The van der Waals surface area contributed by atoms with Gasteiger partial charge in [-0.2, -0.15) is 0 Å². The van der Waals surface area contributed by atoms with Crippen molar-refractivity contribution < 1.29 is 24.1 Å². The van der Waals surface area contributed by atoms with Crippen molar-refractivity contribution in [1.29, 1.82) is 0 Å². The molecule has 4 atom stereocenters. The first-order valence-electron chi connectivity index (χ1n) is 16.0. The van der Waals surface area contributed by atoms with Crippen LogP contribution in [0.2, 0.25) is 0 Å². The lowest BCUT2D eigenvalue weighted by molar-refractivity contribution is 0.0924. The second-order valence-electron chi connectivity index (χ2n) is 12.5. The van der Waals surface area contributed by atoms with Gasteiger partial charge in [-0.3, -0.25) is 0 Å². The van der Waals surface area contributed by atoms with Gasteiger partial charge in [-0.1, -0.05) is 117 Å². The number of halogens is 2. The zero-order valence-electron chi connectivity index (χ0n) is 25.6. The van der Waals surface area contributed by atoms with E-state index < -0.39 is 23.0 Å². The molecule has 0 amide bonds. The van der Waals surface area contributed by atoms with E-state index in [-0.39, 0.29) is 17.4 Å². The van der Waals surface area contributed by atoms with Gasteiger partial charge in [-0.25, -0.2) is 8.78 Å². The monoisotopic (exact) mass is 598 g/mol. The van der Waals surface area contributed by atoms with Crippen molar-refractivity contribution in [2.75, 3.05) is 0 Å². The van der Waals surface area contributed by atoms with E-state index in [2.05, 4.69) is 24.3 Å². The molecule has 6 rings (SSSR count). The molecular weight excluding hydrogens is 554 g/mol. The molecule has 4 unspecified atom stereocenters. The highest BCUT2D eigenvalue weighted by atomic mass is 19.1. The van der Waals surface area contributed by atoms with Crippen LogP contribution in [-0.4, -0.2) is 27.5 Å². The maximum atomic E-state index is 14.6. The minimum Gasteiger partial charge on any atom is -0.508 e. The first-order chi connectivity index (χ1) is 21.3. The summed E-state index contributed by atoms with van der Waals surface area (Å²) in [4.78, 5) is 0. The molecule has 0 saturated heterocycles. The summed E-state index contributed by atoms with van der Waals surface area (Å²) in [5.41, 5.74) is 2.88. The van der Waals surface area contributed by atoms with E-state index in [0.29, 0.717) is 24.0 Å². The van der Waals surface area contributed by atoms with E-state index in [1.807, 2.05) is 25.1 Å². The molecular formula is C39H44F2O3. The van der Waals surface area contributed by atoms with Gasteiger partial charge in [0.2, 0.25) is 0 Å². The lowest BCUT2D eigenvalue weighted by atomic mass is 9.67. The SMILES string of the molecule is Cc1ccc(C2(c3ccccc3F)CCCCCC2O)cc1.Oc1ccc(C2(c3ccccc3F)CCCCCC2O)cc1. The molecule has 0 aromatic heterocycles. The average Bonchev–Trinajstić information content (AvgIpc) is 3.35. The van der Waals surface area contributed by atoms with Crippen LogP contribution in [0.1, 0.15) is 92.0 Å². The molecule has 5 heteroatoms. The normalized spacial score (nSPS) is 25.7. The molecule has 0 radical (unpaired) electrons. The molecule has 3 nitrogen and oxygen atoms in total. The molecule has 4 aromatic rings. The van der Waals surface area contributed by atoms with Gasteiger partial charge in [0.05, 0.1) is 12.2 Å². The summed E-state index contributed by atoms with van der Waals surface area (Å²) in [5.74, 6) is -0.323. The van der Waals surface area contributed by atoms with Gasteiger partial charge in [0.25, 0.3) is 0 Å². The number of aryl methyl sites for hydroxylation is 1. The van der Waals surface area contributed by atoms with E-state index in [1.54, 1.807) is 42.5 Å². The average molecular weight is 599 g/mol. The first kappa shape index (κ1) is 31.9. The summed E-state index contributed by atoms with van der Waals surface area (Å²) < 4.78 is 29.1. The Bertz CT molecular complexity index is 1390. The number of aliphatic hydroxyl groups excluding tert-OH is 2. The van der Waals surface area contributed by atoms with E-state index in [9.17, 15) is 24.1 Å². The molecule has 2 aliphatic rings. The fourth-order valence-electron chi connectivity index (χ4n) is 7.53. The van der Waals surface area contributed by atoms with Crippen molar-refractivity contribution in [2.45, 2.75) is 94.2 Å². The maximum absolute atomic E-state index is 14.6. The molecule has 44 heavy (non-hydrogen) atoms. The van der Waals surface area contributed by atoms with E-state index in [4.69, 9.17) is 0 Å². The van der Waals surface area contributed by atoms with Crippen molar-refractivity contribution in [2.24, 2.45) is 0 Å². The van der Waals surface area contributed by atoms with E-state index in [1.165, 1.54) is 17.7 Å². The number of aromatic hydroxyl groups is 1. The third-order valence-corrected chi connectivity index (χ3v) is 9.89. The third-order valence-electron chi connectivity index (χ3n) is 9.89. The predicted octanol–water partition coefficient (Wildman–Crippen LogP) is 8.89. The van der Waals surface area contributed by atoms with Crippen LogP contribution in [0, 0.1) is 18.6 Å². The Hall–Kier alpha value is -3.54. The summed E-state index contributed by atoms with van der Waals surface area (Å²) in [6, 6.07) is 28.7. The Kier molecular flexibility index (Phi) is 10.2. The van der Waals surface area contributed by atoms with Crippen LogP contribution in [0.5, 0.6) is 5.75 Å². The van der Waals surface area contributed by atoms with Gasteiger partial charge in [0.15, 0.2) is 0 Å². The second-order valence-corrected chi connectivity index (χ2v) is 12.5. The van der Waals surface area contributed by atoms with Gasteiger partial charge >= 0.3 is 0 Å². The van der Waals surface area contributed by atoms with Crippen LogP contribution in [-0.2, 0) is 10.8 Å². The number of benzene rings is 4. The van der Waals surface area contributed by atoms with Crippen LogP contribution < -0.4 is 0 Å². The van der Waals surface area contributed by atoms with Crippen molar-refractivity contribution >= 4 is 0 Å². The Morgan fingerprint density at radius 1 is 0.545 bits per heavy atom. The summed E-state index contributed by atoms with van der Waals surface area (Å²) in [6.07, 6.45) is 7.77. The standard InChI is InChI=1S/C20H23FO.C19H21FO2/c1-15-10-12-16(13-11-15)20(14-6-2-3-9-19(20)22)17-7-4-5-8-18(17)21;20-17-7-4-3-6-16(17)19(13-5-1-2-8-18(19)22)14-9-11-15(21)12-10-14/h4-5,7-8,10-13,19,22H,2-3,6,9,14H2,1H3;3-4,6-7,9-12,18,21-22H,1-2,5,8,13H2. The lowest BCUT2D eigenvalue weighted by Gasteiger charge is -2.38. The number of rotatable bonds is 4. The number of phenolic OH excluding ortho intramolecular Hbond substituents is 1. The zero-order chi connectivity index (χ0) is 31.2. The van der Waals surface area contributed by atoms with E-state index >= 15 is 0 Å². The van der Waals surface area contributed by atoms with Crippen LogP contribution >= 0.6 is 0 Å². The molecule has 2 aliphatic carbocycles. The lowest BCUT2D eigenvalue weighted by Crippen LogP contribution is -2.40. The van der Waals surface area contributed by atoms with Crippen LogP contribution in [0.3, 0.4) is 0 Å². The van der Waals surface area contributed by atoms with Gasteiger partial charge in [0, 0.05) is 22.0 Å². The van der Waals surface area contributed by atoms with Crippen molar-refractivity contribution in [3.63, 3.8) is 0 Å². The minimum absolute atomic E-state index is 0.176. The number of hydrogen-bond donors (Lipinski definition) is 3. The maximum Gasteiger partial charge on any atom is 0.127 e. The molecule has 0 spiro atoms. The summed E-state index contributed by atoms with van der Waals surface area (Å²) in [6.45, 7) is 2.04. The fraction of sp³-hybridized carbons (Fsp3) is 0.385. The summed E-state index contributed by atoms with van der Waals surface area (Å²) in [5, 5.41) is 31.4. The minimum atomic E-state index is -0.741. The largest absolute Gasteiger partial charge is 0.508 e.